The van der Waals surface area contributed by atoms with E-state index in [0.29, 0.717) is 6.42 Å². The monoisotopic (exact) mass is 236 g/mol. The maximum Gasteiger partial charge on any atom is 0.147 e. The van der Waals surface area contributed by atoms with E-state index in [1.165, 1.54) is 6.33 Å². The summed E-state index contributed by atoms with van der Waals surface area (Å²) in [6.45, 7) is 7.83. The molecule has 1 fully saturated rings. The molecule has 17 heavy (non-hydrogen) atoms. The number of aromatic nitrogens is 3. The molecule has 5 nitrogen and oxygen atoms in total. The normalized spacial score (nSPS) is 24.5. The number of nitrogens with one attached hydrogen (secondary N) is 1. The van der Waals surface area contributed by atoms with Crippen molar-refractivity contribution in [2.24, 2.45) is 5.41 Å². The lowest BCUT2D eigenvalue weighted by atomic mass is 9.83. The number of hydrogen-bond acceptors (Lipinski definition) is 4. The minimum Gasteiger partial charge on any atom is -0.316 e. The van der Waals surface area contributed by atoms with Crippen LogP contribution < -0.4 is 5.32 Å². The predicted molar refractivity (Wildman–Crippen MR) is 64.7 cm³/mol. The van der Waals surface area contributed by atoms with Crippen LogP contribution in [0.15, 0.2) is 6.33 Å². The van der Waals surface area contributed by atoms with Crippen molar-refractivity contribution < 1.29 is 4.79 Å². The standard InChI is InChI=1S/C12H20N4O/c1-9(2)16-11(14-8-15-16)6-10(17)12(3)4-5-13-7-12/h8-9,13H,4-7H2,1-3H3. The lowest BCUT2D eigenvalue weighted by Gasteiger charge is -2.20. The van der Waals surface area contributed by atoms with Gasteiger partial charge in [0.05, 0.1) is 6.42 Å². The largest absolute Gasteiger partial charge is 0.316 e. The Labute approximate surface area is 102 Å². The van der Waals surface area contributed by atoms with Gasteiger partial charge in [0, 0.05) is 18.0 Å². The van der Waals surface area contributed by atoms with Crippen LogP contribution >= 0.6 is 0 Å². The summed E-state index contributed by atoms with van der Waals surface area (Å²) in [5.41, 5.74) is -0.228. The number of rotatable bonds is 4. The first-order valence-corrected chi connectivity index (χ1v) is 6.15. The summed E-state index contributed by atoms with van der Waals surface area (Å²) >= 11 is 0. The molecule has 0 aromatic carbocycles. The number of hydrogen-bond donors (Lipinski definition) is 1. The van der Waals surface area contributed by atoms with Crippen molar-refractivity contribution in [3.05, 3.63) is 12.2 Å². The minimum atomic E-state index is -0.228. The van der Waals surface area contributed by atoms with E-state index in [0.717, 1.165) is 25.3 Å². The molecule has 0 spiro atoms. The van der Waals surface area contributed by atoms with E-state index in [1.54, 1.807) is 0 Å². The van der Waals surface area contributed by atoms with Gasteiger partial charge in [-0.15, -0.1) is 0 Å². The van der Waals surface area contributed by atoms with Gasteiger partial charge < -0.3 is 5.32 Å². The summed E-state index contributed by atoms with van der Waals surface area (Å²) in [5.74, 6) is 1.04. The molecule has 0 radical (unpaired) electrons. The van der Waals surface area contributed by atoms with E-state index < -0.39 is 0 Å². The first-order valence-electron chi connectivity index (χ1n) is 6.15. The summed E-state index contributed by atoms with van der Waals surface area (Å²) in [6.07, 6.45) is 2.83. The van der Waals surface area contributed by atoms with Gasteiger partial charge in [0.25, 0.3) is 0 Å². The van der Waals surface area contributed by atoms with Gasteiger partial charge in [-0.2, -0.15) is 5.10 Å². The first-order chi connectivity index (χ1) is 8.03. The number of nitrogens with zero attached hydrogens (tertiary/aromatic N) is 3. The molecule has 94 valence electrons. The van der Waals surface area contributed by atoms with Crippen LogP contribution in [0.5, 0.6) is 0 Å². The molecule has 0 bridgehead atoms. The Hall–Kier alpha value is -1.23. The van der Waals surface area contributed by atoms with Crippen LogP contribution in [0.25, 0.3) is 0 Å². The summed E-state index contributed by atoms with van der Waals surface area (Å²) < 4.78 is 1.82. The van der Waals surface area contributed by atoms with E-state index in [9.17, 15) is 4.79 Å². The number of Topliss-reactive ketones (excluding diaryl/α,β-unsaturated/α-hetero) is 1. The highest BCUT2D eigenvalue weighted by molar-refractivity contribution is 5.86. The molecule has 1 unspecified atom stereocenters. The van der Waals surface area contributed by atoms with Crippen LogP contribution in [0, 0.1) is 5.41 Å². The zero-order valence-corrected chi connectivity index (χ0v) is 10.7. The van der Waals surface area contributed by atoms with Crippen molar-refractivity contribution in [3.8, 4) is 0 Å². The molecule has 1 aromatic heterocycles. The van der Waals surface area contributed by atoms with Gasteiger partial charge in [0.15, 0.2) is 0 Å². The van der Waals surface area contributed by atoms with Gasteiger partial charge in [-0.25, -0.2) is 9.67 Å². The van der Waals surface area contributed by atoms with Crippen LogP contribution in [-0.4, -0.2) is 33.6 Å². The molecule has 5 heteroatoms. The van der Waals surface area contributed by atoms with Gasteiger partial charge in [0.1, 0.15) is 17.9 Å². The van der Waals surface area contributed by atoms with Gasteiger partial charge >= 0.3 is 0 Å². The molecule has 2 heterocycles. The van der Waals surface area contributed by atoms with Crippen molar-refractivity contribution >= 4 is 5.78 Å². The van der Waals surface area contributed by atoms with E-state index in [-0.39, 0.29) is 17.2 Å². The third-order valence-electron chi connectivity index (χ3n) is 3.50. The second-order valence-electron chi connectivity index (χ2n) is 5.30. The maximum atomic E-state index is 12.3. The van der Waals surface area contributed by atoms with E-state index in [2.05, 4.69) is 15.4 Å². The van der Waals surface area contributed by atoms with Crippen LogP contribution in [-0.2, 0) is 11.2 Å². The fourth-order valence-corrected chi connectivity index (χ4v) is 2.24. The van der Waals surface area contributed by atoms with E-state index in [4.69, 9.17) is 0 Å². The van der Waals surface area contributed by atoms with E-state index in [1.807, 2.05) is 25.5 Å². The zero-order valence-electron chi connectivity index (χ0n) is 10.7. The van der Waals surface area contributed by atoms with Crippen LogP contribution in [0.2, 0.25) is 0 Å². The Balaban J connectivity index is 2.10. The lowest BCUT2D eigenvalue weighted by molar-refractivity contribution is -0.126. The Morgan fingerprint density at radius 1 is 1.65 bits per heavy atom. The zero-order chi connectivity index (χ0) is 12.5. The van der Waals surface area contributed by atoms with Crippen LogP contribution in [0.4, 0.5) is 0 Å². The molecule has 0 aliphatic carbocycles. The third-order valence-corrected chi connectivity index (χ3v) is 3.50. The smallest absolute Gasteiger partial charge is 0.147 e. The topological polar surface area (TPSA) is 59.8 Å². The number of carbonyl (C=O) groups is 1. The summed E-state index contributed by atoms with van der Waals surface area (Å²) in [5, 5.41) is 7.40. The minimum absolute atomic E-state index is 0.228. The highest BCUT2D eigenvalue weighted by Gasteiger charge is 2.36. The average molecular weight is 236 g/mol. The molecule has 1 aromatic rings. The Kier molecular flexibility index (Phi) is 3.28. The molecule has 1 aliphatic rings. The van der Waals surface area contributed by atoms with Crippen molar-refractivity contribution in [1.29, 1.82) is 0 Å². The average Bonchev–Trinajstić information content (AvgIpc) is 2.87. The molecule has 1 atom stereocenters. The van der Waals surface area contributed by atoms with Gasteiger partial charge in [-0.3, -0.25) is 4.79 Å². The Morgan fingerprint density at radius 2 is 2.41 bits per heavy atom. The molecule has 2 rings (SSSR count). The van der Waals surface area contributed by atoms with Gasteiger partial charge in [-0.05, 0) is 26.8 Å². The fourth-order valence-electron chi connectivity index (χ4n) is 2.24. The Morgan fingerprint density at radius 3 is 3.00 bits per heavy atom. The SMILES string of the molecule is CC(C)n1ncnc1CC(=O)C1(C)CCNC1. The molecule has 0 saturated carbocycles. The second-order valence-corrected chi connectivity index (χ2v) is 5.30. The van der Waals surface area contributed by atoms with E-state index >= 15 is 0 Å². The number of ketones is 1. The molecule has 0 amide bonds. The fraction of sp³-hybridized carbons (Fsp3) is 0.750. The number of carbonyl (C=O) groups excluding carboxylic acids is 1. The van der Waals surface area contributed by atoms with Gasteiger partial charge in [-0.1, -0.05) is 6.92 Å². The van der Waals surface area contributed by atoms with Crippen LogP contribution in [0.3, 0.4) is 0 Å². The quantitative estimate of drug-likeness (QED) is 0.846. The van der Waals surface area contributed by atoms with Crippen molar-refractivity contribution in [3.63, 3.8) is 0 Å². The van der Waals surface area contributed by atoms with Crippen LogP contribution in [0.1, 0.15) is 39.1 Å². The highest BCUT2D eigenvalue weighted by Crippen LogP contribution is 2.27. The second kappa shape index (κ2) is 4.56. The van der Waals surface area contributed by atoms with Crippen molar-refractivity contribution in [2.75, 3.05) is 13.1 Å². The summed E-state index contributed by atoms with van der Waals surface area (Å²) in [4.78, 5) is 16.5. The predicted octanol–water partition coefficient (Wildman–Crippen LogP) is 0.970. The van der Waals surface area contributed by atoms with Crippen molar-refractivity contribution in [1.82, 2.24) is 20.1 Å². The molecular weight excluding hydrogens is 216 g/mol. The molecule has 1 N–H and O–H groups in total. The third kappa shape index (κ3) is 2.39. The summed E-state index contributed by atoms with van der Waals surface area (Å²) in [6, 6.07) is 0.245. The Bertz CT molecular complexity index is 404. The lowest BCUT2D eigenvalue weighted by Crippen LogP contribution is -2.32. The maximum absolute atomic E-state index is 12.3. The molecular formula is C12H20N4O. The van der Waals surface area contributed by atoms with Crippen molar-refractivity contribution in [2.45, 2.75) is 39.7 Å². The molecule has 1 aliphatic heterocycles. The van der Waals surface area contributed by atoms with Gasteiger partial charge in [0.2, 0.25) is 0 Å². The first kappa shape index (κ1) is 12.2. The highest BCUT2D eigenvalue weighted by atomic mass is 16.1. The summed E-state index contributed by atoms with van der Waals surface area (Å²) in [7, 11) is 0. The molecule has 1 saturated heterocycles.